The molecule has 1 atom stereocenters. The molecule has 32 heavy (non-hydrogen) atoms. The van der Waals surface area contributed by atoms with E-state index in [9.17, 15) is 4.79 Å². The van der Waals surface area contributed by atoms with Crippen LogP contribution in [0.4, 0.5) is 5.95 Å². The van der Waals surface area contributed by atoms with Crippen LogP contribution in [0.2, 0.25) is 0 Å². The van der Waals surface area contributed by atoms with Crippen molar-refractivity contribution in [2.75, 3.05) is 19.5 Å². The number of ether oxygens (including phenoxy) is 2. The van der Waals surface area contributed by atoms with Crippen LogP contribution < -0.4 is 14.8 Å². The molecule has 0 amide bonds. The van der Waals surface area contributed by atoms with Gasteiger partial charge in [0.15, 0.2) is 23.1 Å². The number of aromatic nitrogens is 4. The molecule has 0 saturated carbocycles. The number of carbonyl (C=O) groups excluding carboxylic acids is 1. The summed E-state index contributed by atoms with van der Waals surface area (Å²) in [5, 5.41) is 8.21. The number of anilines is 1. The third-order valence-electron chi connectivity index (χ3n) is 6.00. The number of pyridine rings is 1. The van der Waals surface area contributed by atoms with Gasteiger partial charge in [0.2, 0.25) is 5.95 Å². The Balaban J connectivity index is 1.74. The lowest BCUT2D eigenvalue weighted by Gasteiger charge is -2.38. The molecule has 0 saturated heterocycles. The van der Waals surface area contributed by atoms with Gasteiger partial charge in [-0.1, -0.05) is 26.0 Å². The van der Waals surface area contributed by atoms with Crippen LogP contribution in [0.5, 0.6) is 11.5 Å². The molecule has 0 fully saturated rings. The number of hydrogen-bond acceptors (Lipinski definition) is 7. The SMILES string of the molecule is COc1cccc(C2C3=C(CC(C)(C)CC3=O)Nc3nc(-c4ccncc4)nn32)c1OC. The van der Waals surface area contributed by atoms with Gasteiger partial charge in [-0.25, -0.2) is 4.68 Å². The average Bonchev–Trinajstić information content (AvgIpc) is 3.20. The van der Waals surface area contributed by atoms with E-state index < -0.39 is 6.04 Å². The summed E-state index contributed by atoms with van der Waals surface area (Å²) in [5.41, 5.74) is 3.12. The van der Waals surface area contributed by atoms with Gasteiger partial charge in [-0.15, -0.1) is 5.10 Å². The van der Waals surface area contributed by atoms with Gasteiger partial charge in [-0.2, -0.15) is 4.98 Å². The maximum atomic E-state index is 13.4. The Morgan fingerprint density at radius 3 is 2.59 bits per heavy atom. The lowest BCUT2D eigenvalue weighted by Crippen LogP contribution is -2.36. The highest BCUT2D eigenvalue weighted by Gasteiger charge is 2.43. The average molecular weight is 431 g/mol. The first-order valence-electron chi connectivity index (χ1n) is 10.5. The number of fused-ring (bicyclic) bond motifs is 1. The zero-order chi connectivity index (χ0) is 22.5. The van der Waals surface area contributed by atoms with Crippen molar-refractivity contribution in [1.29, 1.82) is 0 Å². The first-order valence-corrected chi connectivity index (χ1v) is 10.5. The molecule has 1 aliphatic heterocycles. The van der Waals surface area contributed by atoms with Gasteiger partial charge in [0.05, 0.1) is 14.2 Å². The minimum atomic E-state index is -0.474. The van der Waals surface area contributed by atoms with Gasteiger partial charge in [0.1, 0.15) is 6.04 Å². The van der Waals surface area contributed by atoms with Crippen LogP contribution in [0, 0.1) is 5.41 Å². The van der Waals surface area contributed by atoms with Gasteiger partial charge in [-0.3, -0.25) is 9.78 Å². The number of nitrogens with one attached hydrogen (secondary N) is 1. The molecule has 2 aliphatic rings. The van der Waals surface area contributed by atoms with Crippen LogP contribution >= 0.6 is 0 Å². The molecule has 1 N–H and O–H groups in total. The largest absolute Gasteiger partial charge is 0.493 e. The fourth-order valence-electron chi connectivity index (χ4n) is 4.65. The van der Waals surface area contributed by atoms with Crippen molar-refractivity contribution in [3.05, 3.63) is 59.6 Å². The number of hydrogen-bond donors (Lipinski definition) is 1. The molecule has 164 valence electrons. The Hall–Kier alpha value is -3.68. The van der Waals surface area contributed by atoms with E-state index in [0.29, 0.717) is 35.3 Å². The van der Waals surface area contributed by atoms with E-state index in [2.05, 4.69) is 24.1 Å². The number of Topliss-reactive ketones (excluding diaryl/α,β-unsaturated/α-hetero) is 1. The summed E-state index contributed by atoms with van der Waals surface area (Å²) in [4.78, 5) is 22.3. The number of ketones is 1. The fraction of sp³-hybridized carbons (Fsp3) is 0.333. The van der Waals surface area contributed by atoms with E-state index in [1.807, 2.05) is 30.3 Å². The van der Waals surface area contributed by atoms with E-state index in [1.165, 1.54) is 0 Å². The standard InChI is InChI=1S/C24H25N5O3/c1-24(2)12-16-19(17(30)13-24)20(15-6-5-7-18(31-3)21(15)32-4)29-23(26-16)27-22(28-29)14-8-10-25-11-9-14/h5-11,20H,12-13H2,1-4H3,(H,26,27,28). The fourth-order valence-corrected chi connectivity index (χ4v) is 4.65. The van der Waals surface area contributed by atoms with Crippen molar-refractivity contribution >= 4 is 11.7 Å². The van der Waals surface area contributed by atoms with Crippen molar-refractivity contribution in [2.24, 2.45) is 5.41 Å². The Morgan fingerprint density at radius 1 is 1.09 bits per heavy atom. The Labute approximate surface area is 186 Å². The highest BCUT2D eigenvalue weighted by molar-refractivity contribution is 6.00. The second kappa shape index (κ2) is 7.47. The zero-order valence-electron chi connectivity index (χ0n) is 18.5. The number of allylic oxidation sites excluding steroid dienone is 2. The van der Waals surface area contributed by atoms with Gasteiger partial charge in [0.25, 0.3) is 0 Å². The third-order valence-corrected chi connectivity index (χ3v) is 6.00. The maximum absolute atomic E-state index is 13.4. The van der Waals surface area contributed by atoms with Gasteiger partial charge in [0, 0.05) is 41.2 Å². The number of nitrogens with zero attached hydrogens (tertiary/aromatic N) is 4. The predicted molar refractivity (Wildman–Crippen MR) is 120 cm³/mol. The summed E-state index contributed by atoms with van der Waals surface area (Å²) in [6.45, 7) is 4.22. The first-order chi connectivity index (χ1) is 15.4. The Bertz CT molecular complexity index is 1230. The van der Waals surface area contributed by atoms with Crippen LogP contribution in [0.25, 0.3) is 11.4 Å². The van der Waals surface area contributed by atoms with E-state index in [0.717, 1.165) is 23.2 Å². The number of rotatable bonds is 4. The topological polar surface area (TPSA) is 91.2 Å². The van der Waals surface area contributed by atoms with Crippen LogP contribution in [0.3, 0.4) is 0 Å². The monoisotopic (exact) mass is 431 g/mol. The molecule has 5 rings (SSSR count). The molecule has 8 heteroatoms. The molecule has 1 unspecified atom stereocenters. The van der Waals surface area contributed by atoms with Crippen molar-refractivity contribution in [1.82, 2.24) is 19.7 Å². The van der Waals surface area contributed by atoms with Crippen molar-refractivity contribution in [3.63, 3.8) is 0 Å². The minimum absolute atomic E-state index is 0.102. The molecule has 0 radical (unpaired) electrons. The molecule has 0 spiro atoms. The molecule has 3 heterocycles. The van der Waals surface area contributed by atoms with Crippen LogP contribution in [0.1, 0.15) is 38.3 Å². The van der Waals surface area contributed by atoms with E-state index in [1.54, 1.807) is 31.3 Å². The Morgan fingerprint density at radius 2 is 1.88 bits per heavy atom. The molecule has 0 bridgehead atoms. The van der Waals surface area contributed by atoms with E-state index in [-0.39, 0.29) is 11.2 Å². The third kappa shape index (κ3) is 3.23. The summed E-state index contributed by atoms with van der Waals surface area (Å²) >= 11 is 0. The van der Waals surface area contributed by atoms with Gasteiger partial charge >= 0.3 is 0 Å². The van der Waals surface area contributed by atoms with Crippen molar-refractivity contribution in [2.45, 2.75) is 32.7 Å². The summed E-state index contributed by atoms with van der Waals surface area (Å²) in [6, 6.07) is 8.95. The molecule has 1 aromatic carbocycles. The summed E-state index contributed by atoms with van der Waals surface area (Å²) in [6.07, 6.45) is 4.63. The number of para-hydroxylation sites is 1. The Kier molecular flexibility index (Phi) is 4.73. The predicted octanol–water partition coefficient (Wildman–Crippen LogP) is 4.02. The highest BCUT2D eigenvalue weighted by atomic mass is 16.5. The molecular formula is C24H25N5O3. The highest BCUT2D eigenvalue weighted by Crippen LogP contribution is 2.48. The summed E-state index contributed by atoms with van der Waals surface area (Å²) < 4.78 is 13.0. The van der Waals surface area contributed by atoms with E-state index in [4.69, 9.17) is 19.6 Å². The minimum Gasteiger partial charge on any atom is -0.493 e. The lowest BCUT2D eigenvalue weighted by molar-refractivity contribution is -0.118. The zero-order valence-corrected chi connectivity index (χ0v) is 18.5. The van der Waals surface area contributed by atoms with Crippen molar-refractivity contribution in [3.8, 4) is 22.9 Å². The maximum Gasteiger partial charge on any atom is 0.226 e. The lowest BCUT2D eigenvalue weighted by atomic mass is 9.73. The van der Waals surface area contributed by atoms with Crippen molar-refractivity contribution < 1.29 is 14.3 Å². The number of methoxy groups -OCH3 is 2. The second-order valence-corrected chi connectivity index (χ2v) is 8.88. The molecule has 2 aromatic heterocycles. The molecule has 3 aromatic rings. The second-order valence-electron chi connectivity index (χ2n) is 8.88. The van der Waals surface area contributed by atoms with E-state index >= 15 is 0 Å². The molecule has 1 aliphatic carbocycles. The first kappa shape index (κ1) is 20.2. The van der Waals surface area contributed by atoms with Gasteiger partial charge < -0.3 is 14.8 Å². The quantitative estimate of drug-likeness (QED) is 0.667. The van der Waals surface area contributed by atoms with Crippen LogP contribution in [-0.4, -0.2) is 39.8 Å². The summed E-state index contributed by atoms with van der Waals surface area (Å²) in [7, 11) is 3.21. The molecule has 8 nitrogen and oxygen atoms in total. The normalized spacial score (nSPS) is 19.1. The molecular weight excluding hydrogens is 406 g/mol. The number of benzene rings is 1. The van der Waals surface area contributed by atoms with Crippen LogP contribution in [0.15, 0.2) is 54.0 Å². The van der Waals surface area contributed by atoms with Crippen LogP contribution in [-0.2, 0) is 4.79 Å². The smallest absolute Gasteiger partial charge is 0.226 e. The van der Waals surface area contributed by atoms with Gasteiger partial charge in [-0.05, 0) is 30.0 Å². The summed E-state index contributed by atoms with van der Waals surface area (Å²) in [5.74, 6) is 2.44. The number of carbonyl (C=O) groups is 1.